The third-order valence-electron chi connectivity index (χ3n) is 4.15. The molecule has 1 amide bonds. The van der Waals surface area contributed by atoms with Gasteiger partial charge in [-0.25, -0.2) is 4.99 Å². The number of hydrogen-bond acceptors (Lipinski definition) is 2. The molecule has 27 heavy (non-hydrogen) atoms. The van der Waals surface area contributed by atoms with Gasteiger partial charge in [-0.1, -0.05) is 60.7 Å². The topological polar surface area (TPSA) is 65.5 Å². The van der Waals surface area contributed by atoms with Crippen molar-refractivity contribution in [2.75, 3.05) is 13.1 Å². The van der Waals surface area contributed by atoms with Crippen molar-refractivity contribution in [2.24, 2.45) is 4.99 Å². The summed E-state index contributed by atoms with van der Waals surface area (Å²) in [5.41, 5.74) is 2.41. The lowest BCUT2D eigenvalue weighted by Gasteiger charge is -2.17. The lowest BCUT2D eigenvalue weighted by molar-refractivity contribution is -0.119. The molecule has 1 atom stereocenters. The van der Waals surface area contributed by atoms with E-state index < -0.39 is 0 Å². The summed E-state index contributed by atoms with van der Waals surface area (Å²) in [6, 6.07) is 20.6. The highest BCUT2D eigenvalue weighted by Crippen LogP contribution is 2.04. The third kappa shape index (κ3) is 8.40. The summed E-state index contributed by atoms with van der Waals surface area (Å²) >= 11 is 0. The number of guanidine groups is 1. The van der Waals surface area contributed by atoms with Crippen LogP contribution in [0.2, 0.25) is 0 Å². The molecule has 0 aliphatic rings. The fourth-order valence-corrected chi connectivity index (χ4v) is 2.66. The average molecular weight is 367 g/mol. The van der Waals surface area contributed by atoms with Crippen LogP contribution in [0.4, 0.5) is 0 Å². The molecule has 144 valence electrons. The van der Waals surface area contributed by atoms with Gasteiger partial charge in [-0.3, -0.25) is 4.79 Å². The van der Waals surface area contributed by atoms with Gasteiger partial charge >= 0.3 is 0 Å². The van der Waals surface area contributed by atoms with Crippen LogP contribution in [0.1, 0.15) is 31.4 Å². The molecule has 0 bridgehead atoms. The molecular weight excluding hydrogens is 336 g/mol. The van der Waals surface area contributed by atoms with E-state index in [1.54, 1.807) is 0 Å². The van der Waals surface area contributed by atoms with Crippen LogP contribution in [0.15, 0.2) is 65.7 Å². The zero-order chi connectivity index (χ0) is 19.3. The van der Waals surface area contributed by atoms with Crippen LogP contribution in [-0.4, -0.2) is 31.0 Å². The first kappa shape index (κ1) is 20.5. The lowest BCUT2D eigenvalue weighted by atomic mass is 10.1. The second kappa shape index (κ2) is 11.7. The van der Waals surface area contributed by atoms with Crippen LogP contribution in [0.25, 0.3) is 0 Å². The normalized spacial score (nSPS) is 12.3. The summed E-state index contributed by atoms with van der Waals surface area (Å²) in [5, 5.41) is 9.47. The Labute approximate surface area is 162 Å². The molecule has 3 N–H and O–H groups in total. The maximum Gasteiger partial charge on any atom is 0.242 e. The third-order valence-corrected chi connectivity index (χ3v) is 4.15. The maximum atomic E-state index is 12.0. The van der Waals surface area contributed by atoms with Crippen molar-refractivity contribution in [1.82, 2.24) is 16.0 Å². The molecule has 2 aromatic rings. The number of carbonyl (C=O) groups excluding carboxylic acids is 1. The van der Waals surface area contributed by atoms with Gasteiger partial charge in [-0.15, -0.1) is 0 Å². The Hall–Kier alpha value is -2.82. The minimum absolute atomic E-state index is 0.0898. The van der Waals surface area contributed by atoms with Gasteiger partial charge in [0.1, 0.15) is 6.54 Å². The Kier molecular flexibility index (Phi) is 8.90. The van der Waals surface area contributed by atoms with Crippen molar-refractivity contribution in [2.45, 2.75) is 39.3 Å². The molecule has 1 unspecified atom stereocenters. The van der Waals surface area contributed by atoms with Crippen molar-refractivity contribution < 1.29 is 4.79 Å². The molecule has 0 aliphatic carbocycles. The molecule has 5 heteroatoms. The van der Waals surface area contributed by atoms with Gasteiger partial charge in [0.05, 0.1) is 0 Å². The number of nitrogens with zero attached hydrogens (tertiary/aromatic N) is 1. The number of rotatable bonds is 9. The highest BCUT2D eigenvalue weighted by atomic mass is 16.1. The summed E-state index contributed by atoms with van der Waals surface area (Å²) in [7, 11) is 0. The van der Waals surface area contributed by atoms with Crippen molar-refractivity contribution in [3.8, 4) is 0 Å². The van der Waals surface area contributed by atoms with E-state index in [2.05, 4.69) is 52.1 Å². The summed E-state index contributed by atoms with van der Waals surface area (Å²) in [5.74, 6) is 0.584. The van der Waals surface area contributed by atoms with Gasteiger partial charge < -0.3 is 16.0 Å². The summed E-state index contributed by atoms with van der Waals surface area (Å²) in [6.45, 7) is 5.52. The van der Waals surface area contributed by atoms with Crippen molar-refractivity contribution >= 4 is 11.9 Å². The van der Waals surface area contributed by atoms with Crippen LogP contribution >= 0.6 is 0 Å². The monoisotopic (exact) mass is 366 g/mol. The van der Waals surface area contributed by atoms with Gasteiger partial charge in [0.25, 0.3) is 0 Å². The van der Waals surface area contributed by atoms with Crippen molar-refractivity contribution in [1.29, 1.82) is 0 Å². The Bertz CT molecular complexity index is 701. The average Bonchev–Trinajstić information content (AvgIpc) is 2.70. The molecule has 5 nitrogen and oxygen atoms in total. The molecule has 2 rings (SSSR count). The molecule has 0 saturated carbocycles. The van der Waals surface area contributed by atoms with E-state index in [0.717, 1.165) is 24.9 Å². The number of aliphatic imine (C=N–C) groups is 1. The summed E-state index contributed by atoms with van der Waals surface area (Å²) in [4.78, 5) is 16.5. The van der Waals surface area contributed by atoms with Crippen molar-refractivity contribution in [3.05, 3.63) is 71.8 Å². The Morgan fingerprint density at radius 1 is 0.963 bits per heavy atom. The van der Waals surface area contributed by atoms with E-state index in [-0.39, 0.29) is 18.5 Å². The van der Waals surface area contributed by atoms with E-state index in [4.69, 9.17) is 0 Å². The quantitative estimate of drug-likeness (QED) is 0.472. The number of hydrogen-bond donors (Lipinski definition) is 3. The first-order valence-electron chi connectivity index (χ1n) is 9.56. The Morgan fingerprint density at radius 3 is 2.22 bits per heavy atom. The number of amides is 1. The van der Waals surface area contributed by atoms with Gasteiger partial charge in [0.15, 0.2) is 5.96 Å². The predicted molar refractivity (Wildman–Crippen MR) is 112 cm³/mol. The molecule has 0 heterocycles. The van der Waals surface area contributed by atoms with Gasteiger partial charge in [0.2, 0.25) is 5.91 Å². The minimum Gasteiger partial charge on any atom is -0.357 e. The molecular formula is C22H30N4O. The molecule has 0 fully saturated rings. The summed E-state index contributed by atoms with van der Waals surface area (Å²) in [6.07, 6.45) is 2.00. The van der Waals surface area contributed by atoms with Crippen LogP contribution in [-0.2, 0) is 17.8 Å². The van der Waals surface area contributed by atoms with Gasteiger partial charge in [0, 0.05) is 19.1 Å². The van der Waals surface area contributed by atoms with E-state index >= 15 is 0 Å². The van der Waals surface area contributed by atoms with Gasteiger partial charge in [-0.2, -0.15) is 0 Å². The molecule has 0 aromatic heterocycles. The highest BCUT2D eigenvalue weighted by molar-refractivity contribution is 5.85. The highest BCUT2D eigenvalue weighted by Gasteiger charge is 2.07. The van der Waals surface area contributed by atoms with Gasteiger partial charge in [-0.05, 0) is 37.8 Å². The van der Waals surface area contributed by atoms with E-state index in [0.29, 0.717) is 12.5 Å². The summed E-state index contributed by atoms with van der Waals surface area (Å²) < 4.78 is 0. The first-order chi connectivity index (χ1) is 13.2. The predicted octanol–water partition coefficient (Wildman–Crippen LogP) is 2.88. The maximum absolute atomic E-state index is 12.0. The first-order valence-corrected chi connectivity index (χ1v) is 9.56. The fraction of sp³-hybridized carbons (Fsp3) is 0.364. The number of carbonyl (C=O) groups is 1. The second-order valence-electron chi connectivity index (χ2n) is 6.53. The zero-order valence-electron chi connectivity index (χ0n) is 16.2. The zero-order valence-corrected chi connectivity index (χ0v) is 16.2. The lowest BCUT2D eigenvalue weighted by Crippen LogP contribution is -2.43. The number of benzene rings is 2. The van der Waals surface area contributed by atoms with Crippen molar-refractivity contribution in [3.63, 3.8) is 0 Å². The van der Waals surface area contributed by atoms with Crippen LogP contribution in [0.5, 0.6) is 0 Å². The largest absolute Gasteiger partial charge is 0.357 e. The SMILES string of the molecule is CCNC(=NCC(=O)NCc1ccccc1)NC(C)CCc1ccccc1. The van der Waals surface area contributed by atoms with E-state index in [1.807, 2.05) is 43.3 Å². The van der Waals surface area contributed by atoms with Crippen LogP contribution < -0.4 is 16.0 Å². The molecule has 0 spiro atoms. The Balaban J connectivity index is 1.77. The number of aryl methyl sites for hydroxylation is 1. The molecule has 2 aromatic carbocycles. The minimum atomic E-state index is -0.0898. The molecule has 0 aliphatic heterocycles. The standard InChI is InChI=1S/C22H30N4O/c1-3-23-22(26-18(2)14-15-19-10-6-4-7-11-19)25-17-21(27)24-16-20-12-8-5-9-13-20/h4-13,18H,3,14-17H2,1-2H3,(H,24,27)(H2,23,25,26). The fourth-order valence-electron chi connectivity index (χ4n) is 2.66. The molecule has 0 saturated heterocycles. The smallest absolute Gasteiger partial charge is 0.242 e. The van der Waals surface area contributed by atoms with Crippen LogP contribution in [0, 0.1) is 0 Å². The molecule has 0 radical (unpaired) electrons. The van der Waals surface area contributed by atoms with E-state index in [9.17, 15) is 4.79 Å². The Morgan fingerprint density at radius 2 is 1.59 bits per heavy atom. The number of nitrogens with one attached hydrogen (secondary N) is 3. The van der Waals surface area contributed by atoms with E-state index in [1.165, 1.54) is 5.56 Å². The van der Waals surface area contributed by atoms with Crippen LogP contribution in [0.3, 0.4) is 0 Å². The second-order valence-corrected chi connectivity index (χ2v) is 6.53.